The highest BCUT2D eigenvalue weighted by molar-refractivity contribution is 5.98. The second-order valence-electron chi connectivity index (χ2n) is 5.42. The SMILES string of the molecule is COC(C(C)C1CCC2OC2C1)C(OC)(OC)O[Si]. The molecule has 1 aliphatic carbocycles. The first-order chi connectivity index (χ1) is 9.11. The van der Waals surface area contributed by atoms with Crippen LogP contribution in [0.2, 0.25) is 0 Å². The molecule has 0 N–H and O–H groups in total. The van der Waals surface area contributed by atoms with E-state index in [-0.39, 0.29) is 12.0 Å². The minimum absolute atomic E-state index is 0.242. The maximum Gasteiger partial charge on any atom is 0.300 e. The van der Waals surface area contributed by atoms with E-state index in [0.29, 0.717) is 18.1 Å². The van der Waals surface area contributed by atoms with E-state index >= 15 is 0 Å². The average molecular weight is 287 g/mol. The number of ether oxygens (including phenoxy) is 4. The van der Waals surface area contributed by atoms with Gasteiger partial charge in [-0.15, -0.1) is 0 Å². The van der Waals surface area contributed by atoms with Gasteiger partial charge in [0.1, 0.15) is 6.10 Å². The number of hydrogen-bond donors (Lipinski definition) is 0. The topological polar surface area (TPSA) is 49.5 Å². The Kier molecular flexibility index (Phi) is 5.02. The fourth-order valence-corrected chi connectivity index (χ4v) is 3.58. The van der Waals surface area contributed by atoms with Crippen molar-refractivity contribution >= 4 is 10.5 Å². The predicted molar refractivity (Wildman–Crippen MR) is 69.6 cm³/mol. The Morgan fingerprint density at radius 2 is 1.84 bits per heavy atom. The zero-order valence-electron chi connectivity index (χ0n) is 12.0. The molecule has 1 heterocycles. The summed E-state index contributed by atoms with van der Waals surface area (Å²) in [6.45, 7) is 2.15. The van der Waals surface area contributed by atoms with Crippen LogP contribution in [0.15, 0.2) is 0 Å². The summed E-state index contributed by atoms with van der Waals surface area (Å²) in [5, 5.41) is 0. The summed E-state index contributed by atoms with van der Waals surface area (Å²) >= 11 is 0. The van der Waals surface area contributed by atoms with Gasteiger partial charge in [-0.2, -0.15) is 0 Å². The molecule has 0 amide bonds. The average Bonchev–Trinajstić information content (AvgIpc) is 3.22. The molecule has 5 unspecified atom stereocenters. The highest BCUT2D eigenvalue weighted by Crippen LogP contribution is 2.44. The molecule has 0 aromatic heterocycles. The highest BCUT2D eigenvalue weighted by Gasteiger charge is 2.50. The quantitative estimate of drug-likeness (QED) is 0.401. The summed E-state index contributed by atoms with van der Waals surface area (Å²) in [5.74, 6) is -0.460. The molecule has 2 fully saturated rings. The van der Waals surface area contributed by atoms with Gasteiger partial charge < -0.3 is 23.4 Å². The van der Waals surface area contributed by atoms with E-state index in [1.807, 2.05) is 0 Å². The third-order valence-corrected chi connectivity index (χ3v) is 4.86. The number of hydrogen-bond acceptors (Lipinski definition) is 5. The van der Waals surface area contributed by atoms with E-state index in [2.05, 4.69) is 17.4 Å². The van der Waals surface area contributed by atoms with Gasteiger partial charge >= 0.3 is 5.97 Å². The highest BCUT2D eigenvalue weighted by atomic mass is 28.2. The zero-order valence-corrected chi connectivity index (χ0v) is 13.0. The van der Waals surface area contributed by atoms with Crippen LogP contribution in [0.1, 0.15) is 26.2 Å². The number of methoxy groups -OCH3 is 3. The maximum absolute atomic E-state index is 5.61. The molecular formula is C13H23O5Si. The van der Waals surface area contributed by atoms with Crippen molar-refractivity contribution in [1.82, 2.24) is 0 Å². The Bertz CT molecular complexity index is 288. The molecule has 109 valence electrons. The maximum atomic E-state index is 5.61. The van der Waals surface area contributed by atoms with Crippen LogP contribution in [0.4, 0.5) is 0 Å². The van der Waals surface area contributed by atoms with Gasteiger partial charge in [0.05, 0.1) is 12.2 Å². The van der Waals surface area contributed by atoms with E-state index in [0.717, 1.165) is 19.3 Å². The second kappa shape index (κ2) is 6.20. The summed E-state index contributed by atoms with van der Waals surface area (Å²) in [6, 6.07) is 0. The van der Waals surface area contributed by atoms with Crippen molar-refractivity contribution in [3.63, 3.8) is 0 Å². The molecule has 0 aromatic rings. The third kappa shape index (κ3) is 2.89. The lowest BCUT2D eigenvalue weighted by molar-refractivity contribution is -0.374. The summed E-state index contributed by atoms with van der Waals surface area (Å²) in [7, 11) is 7.79. The van der Waals surface area contributed by atoms with Crippen molar-refractivity contribution in [3.8, 4) is 0 Å². The summed E-state index contributed by atoms with van der Waals surface area (Å²) in [5.41, 5.74) is 0. The molecule has 5 nitrogen and oxygen atoms in total. The summed E-state index contributed by atoms with van der Waals surface area (Å²) in [4.78, 5) is 0. The third-order valence-electron chi connectivity index (χ3n) is 4.58. The summed E-state index contributed by atoms with van der Waals surface area (Å²) in [6.07, 6.45) is 4.00. The van der Waals surface area contributed by atoms with Crippen molar-refractivity contribution in [1.29, 1.82) is 0 Å². The molecule has 0 aromatic carbocycles. The van der Waals surface area contributed by atoms with Gasteiger partial charge in [-0.1, -0.05) is 6.92 Å². The van der Waals surface area contributed by atoms with Gasteiger partial charge in [0.2, 0.25) is 0 Å². The number of epoxide rings is 1. The van der Waals surface area contributed by atoms with Gasteiger partial charge in [-0.05, 0) is 31.1 Å². The molecule has 2 rings (SSSR count). The van der Waals surface area contributed by atoms with Crippen molar-refractivity contribution in [2.45, 2.75) is 50.5 Å². The first-order valence-corrected chi connectivity index (χ1v) is 7.16. The monoisotopic (exact) mass is 287 g/mol. The van der Waals surface area contributed by atoms with Crippen molar-refractivity contribution in [2.75, 3.05) is 21.3 Å². The van der Waals surface area contributed by atoms with E-state index < -0.39 is 5.97 Å². The molecule has 6 heteroatoms. The molecule has 0 spiro atoms. The van der Waals surface area contributed by atoms with Crippen LogP contribution >= 0.6 is 0 Å². The predicted octanol–water partition coefficient (Wildman–Crippen LogP) is 1.25. The Morgan fingerprint density at radius 3 is 2.32 bits per heavy atom. The lowest BCUT2D eigenvalue weighted by atomic mass is 9.78. The lowest BCUT2D eigenvalue weighted by Crippen LogP contribution is -2.53. The minimum Gasteiger partial charge on any atom is -0.373 e. The normalized spacial score (nSPS) is 33.6. The molecule has 1 saturated carbocycles. The molecule has 2 aliphatic rings. The molecule has 1 saturated heterocycles. The van der Waals surface area contributed by atoms with E-state index in [1.54, 1.807) is 21.3 Å². The van der Waals surface area contributed by atoms with E-state index in [4.69, 9.17) is 23.4 Å². The fourth-order valence-electron chi connectivity index (χ4n) is 3.30. The molecule has 5 atom stereocenters. The van der Waals surface area contributed by atoms with Crippen molar-refractivity contribution in [2.24, 2.45) is 11.8 Å². The van der Waals surface area contributed by atoms with Crippen LogP contribution in [0.25, 0.3) is 0 Å². The van der Waals surface area contributed by atoms with Crippen LogP contribution in [-0.4, -0.2) is 56.1 Å². The molecule has 19 heavy (non-hydrogen) atoms. The van der Waals surface area contributed by atoms with Gasteiger partial charge in [-0.3, -0.25) is 0 Å². The second-order valence-corrected chi connectivity index (χ2v) is 5.62. The first-order valence-electron chi connectivity index (χ1n) is 6.75. The molecule has 1 aliphatic heterocycles. The van der Waals surface area contributed by atoms with E-state index in [9.17, 15) is 0 Å². The lowest BCUT2D eigenvalue weighted by Gasteiger charge is -2.41. The Balaban J connectivity index is 2.06. The first kappa shape index (κ1) is 15.4. The molecule has 3 radical (unpaired) electrons. The van der Waals surface area contributed by atoms with Crippen LogP contribution in [0.5, 0.6) is 0 Å². The Morgan fingerprint density at radius 1 is 1.16 bits per heavy atom. The smallest absolute Gasteiger partial charge is 0.300 e. The minimum atomic E-state index is -1.23. The molecular weight excluding hydrogens is 264 g/mol. The number of rotatable bonds is 7. The molecule has 0 bridgehead atoms. The van der Waals surface area contributed by atoms with Gasteiger partial charge in [0.15, 0.2) is 0 Å². The number of fused-ring (bicyclic) bond motifs is 1. The zero-order chi connectivity index (χ0) is 14.0. The Hall–Kier alpha value is 0.0169. The fraction of sp³-hybridized carbons (Fsp3) is 1.00. The van der Waals surface area contributed by atoms with Gasteiger partial charge in [-0.25, -0.2) is 0 Å². The Labute approximate surface area is 118 Å². The van der Waals surface area contributed by atoms with Crippen molar-refractivity contribution in [3.05, 3.63) is 0 Å². The van der Waals surface area contributed by atoms with E-state index in [1.165, 1.54) is 0 Å². The standard InChI is InChI=1S/C13H23O5Si/c1-8(9-5-6-10-11(7-9)17-10)12(14-2)13(15-3,16-4)18-19/h8-12H,5-7H2,1-4H3. The van der Waals surface area contributed by atoms with Crippen LogP contribution in [-0.2, 0) is 23.4 Å². The van der Waals surface area contributed by atoms with Crippen LogP contribution in [0.3, 0.4) is 0 Å². The van der Waals surface area contributed by atoms with Crippen LogP contribution < -0.4 is 0 Å². The van der Waals surface area contributed by atoms with Crippen LogP contribution in [0, 0.1) is 11.8 Å². The largest absolute Gasteiger partial charge is 0.373 e. The van der Waals surface area contributed by atoms with Gasteiger partial charge in [0, 0.05) is 21.3 Å². The van der Waals surface area contributed by atoms with Crippen molar-refractivity contribution < 1.29 is 23.4 Å². The van der Waals surface area contributed by atoms with Gasteiger partial charge in [0.25, 0.3) is 10.5 Å². The summed E-state index contributed by atoms with van der Waals surface area (Å²) < 4.78 is 27.2.